The van der Waals surface area contributed by atoms with Crippen LogP contribution in [0.15, 0.2) is 75.9 Å². The Hall–Kier alpha value is -2.63. The Morgan fingerprint density at radius 2 is 1.75 bits per heavy atom. The van der Waals surface area contributed by atoms with E-state index in [9.17, 15) is 12.6 Å². The lowest BCUT2D eigenvalue weighted by atomic mass is 9.68. The fourth-order valence-corrected chi connectivity index (χ4v) is 5.61. The number of carbonyl (C=O) groups is 1. The molecule has 3 rings (SSSR count). The topological polar surface area (TPSA) is 63.5 Å². The highest BCUT2D eigenvalue weighted by atomic mass is 32.3. The summed E-state index contributed by atoms with van der Waals surface area (Å²) >= 11 is -0.423. The molecule has 0 bridgehead atoms. The second-order valence-electron chi connectivity index (χ2n) is 11.3. The maximum absolute atomic E-state index is 13.3. The third kappa shape index (κ3) is 11.1. The minimum atomic E-state index is -0.224. The number of rotatable bonds is 14. The summed E-state index contributed by atoms with van der Waals surface area (Å²) in [5.74, 6) is 0.954. The van der Waals surface area contributed by atoms with Gasteiger partial charge in [0.2, 0.25) is 0 Å². The molecular formula is C33H50F2N6OS2. The molecule has 2 aliphatic rings. The minimum absolute atomic E-state index is 0.212. The summed E-state index contributed by atoms with van der Waals surface area (Å²) in [6, 6.07) is 9.95. The van der Waals surface area contributed by atoms with Gasteiger partial charge in [0.15, 0.2) is 24.7 Å². The first kappa shape index (κ1) is 37.6. The van der Waals surface area contributed by atoms with E-state index in [1.807, 2.05) is 68.5 Å². The number of carbonyl (C=O) groups excluding carboxylic acids is 1. The van der Waals surface area contributed by atoms with Gasteiger partial charge in [-0.2, -0.15) is 8.81 Å². The minimum Gasteiger partial charge on any atom is -0.299 e. The number of Topliss-reactive ketones (excluding diaryl/α,β-unsaturated/α-hetero) is 1. The number of halogens is 2. The Bertz CT molecular complexity index is 1170. The van der Waals surface area contributed by atoms with Crippen molar-refractivity contribution in [3.05, 3.63) is 65.8 Å². The first-order valence-corrected chi connectivity index (χ1v) is 16.9. The standard InChI is InChI=1S/C29H40F2N6OS2.C4H10/c1-6-11-28(37(39-30)40-31)35(5)33-19-24(25-20-34-36(21-25)26-12-9-8-10-13-26)18-32-22(3)23-14-16-29(4,17-15-23)27(38)7-2;1-3-4-2/h8-13,18-19,21,23,34H,6-7,14-17,20H2,1-5H3;3-4H2,1-2H3/b24-18-,28-11-,32-22?,33-19-;. The largest absolute Gasteiger partial charge is 0.299 e. The van der Waals surface area contributed by atoms with Crippen LogP contribution < -0.4 is 10.4 Å². The van der Waals surface area contributed by atoms with E-state index >= 15 is 0 Å². The van der Waals surface area contributed by atoms with Gasteiger partial charge in [-0.3, -0.25) is 19.8 Å². The van der Waals surface area contributed by atoms with Crippen LogP contribution in [-0.2, 0) is 4.79 Å². The van der Waals surface area contributed by atoms with E-state index in [0.717, 1.165) is 51.9 Å². The van der Waals surface area contributed by atoms with Crippen LogP contribution in [0, 0.1) is 11.3 Å². The fraction of sp³-hybridized carbons (Fsp3) is 0.545. The summed E-state index contributed by atoms with van der Waals surface area (Å²) in [6.45, 7) is 12.9. The second kappa shape index (κ2) is 19.7. The highest BCUT2D eigenvalue weighted by molar-refractivity contribution is 8.07. The highest BCUT2D eigenvalue weighted by Crippen LogP contribution is 2.40. The van der Waals surface area contributed by atoms with Crippen LogP contribution >= 0.6 is 24.7 Å². The normalized spacial score (nSPS) is 21.2. The Balaban J connectivity index is 0.00000159. The Morgan fingerprint density at radius 3 is 2.30 bits per heavy atom. The lowest BCUT2D eigenvalue weighted by molar-refractivity contribution is -0.129. The number of hydrazine groups is 1. The molecule has 1 N–H and O–H groups in total. The molecule has 0 atom stereocenters. The van der Waals surface area contributed by atoms with Crippen LogP contribution in [0.4, 0.5) is 13.5 Å². The molecule has 1 fully saturated rings. The molecule has 44 heavy (non-hydrogen) atoms. The molecule has 1 aromatic carbocycles. The monoisotopic (exact) mass is 648 g/mol. The van der Waals surface area contributed by atoms with Crippen molar-refractivity contribution in [1.82, 2.24) is 14.1 Å². The fourth-order valence-electron chi connectivity index (χ4n) is 5.00. The van der Waals surface area contributed by atoms with Gasteiger partial charge in [0.25, 0.3) is 0 Å². The average Bonchev–Trinajstić information content (AvgIpc) is 3.55. The van der Waals surface area contributed by atoms with Crippen LogP contribution in [0.2, 0.25) is 0 Å². The second-order valence-corrected chi connectivity index (χ2v) is 12.5. The molecule has 0 unspecified atom stereocenters. The van der Waals surface area contributed by atoms with Gasteiger partial charge in [0, 0.05) is 49.1 Å². The van der Waals surface area contributed by atoms with Crippen molar-refractivity contribution in [2.24, 2.45) is 21.4 Å². The number of nitrogens with zero attached hydrogens (tertiary/aromatic N) is 5. The molecule has 0 aromatic heterocycles. The summed E-state index contributed by atoms with van der Waals surface area (Å²) in [5, 5.41) is 7.91. The third-order valence-corrected chi connectivity index (χ3v) is 9.08. The predicted molar refractivity (Wildman–Crippen MR) is 186 cm³/mol. The van der Waals surface area contributed by atoms with Crippen LogP contribution in [-0.4, -0.2) is 40.0 Å². The van der Waals surface area contributed by atoms with E-state index in [0.29, 0.717) is 31.1 Å². The van der Waals surface area contributed by atoms with E-state index in [1.165, 1.54) is 17.9 Å². The average molecular weight is 649 g/mol. The van der Waals surface area contributed by atoms with Crippen molar-refractivity contribution in [2.45, 2.75) is 92.9 Å². The molecule has 1 aromatic rings. The third-order valence-electron chi connectivity index (χ3n) is 8.11. The lowest BCUT2D eigenvalue weighted by Gasteiger charge is -2.36. The molecule has 1 aliphatic heterocycles. The van der Waals surface area contributed by atoms with Gasteiger partial charge < -0.3 is 0 Å². The maximum Gasteiger partial charge on any atom is 0.179 e. The summed E-state index contributed by atoms with van der Waals surface area (Å²) < 4.78 is 27.5. The zero-order valence-corrected chi connectivity index (χ0v) is 29.0. The van der Waals surface area contributed by atoms with Crippen LogP contribution in [0.3, 0.4) is 0 Å². The lowest BCUT2D eigenvalue weighted by Crippen LogP contribution is -2.33. The van der Waals surface area contributed by atoms with E-state index in [2.05, 4.69) is 31.3 Å². The summed E-state index contributed by atoms with van der Waals surface area (Å²) in [5.41, 5.74) is 6.92. The zero-order valence-electron chi connectivity index (χ0n) is 27.4. The van der Waals surface area contributed by atoms with Gasteiger partial charge in [0.1, 0.15) is 11.6 Å². The van der Waals surface area contributed by atoms with Gasteiger partial charge in [0.05, 0.1) is 11.9 Å². The van der Waals surface area contributed by atoms with E-state index < -0.39 is 0 Å². The van der Waals surface area contributed by atoms with E-state index in [4.69, 9.17) is 4.99 Å². The van der Waals surface area contributed by atoms with Crippen molar-refractivity contribution in [3.63, 3.8) is 0 Å². The number of unbranched alkanes of at least 4 members (excludes halogenated alkanes) is 1. The Morgan fingerprint density at radius 1 is 1.11 bits per heavy atom. The molecule has 1 saturated carbocycles. The molecule has 0 amide bonds. The molecular weight excluding hydrogens is 599 g/mol. The van der Waals surface area contributed by atoms with Crippen molar-refractivity contribution in [1.29, 1.82) is 0 Å². The highest BCUT2D eigenvalue weighted by Gasteiger charge is 2.36. The number of anilines is 1. The summed E-state index contributed by atoms with van der Waals surface area (Å²) in [6.07, 6.45) is 14.6. The van der Waals surface area contributed by atoms with Crippen molar-refractivity contribution >= 4 is 48.1 Å². The van der Waals surface area contributed by atoms with Gasteiger partial charge in [-0.15, -0.1) is 7.77 Å². The van der Waals surface area contributed by atoms with E-state index in [1.54, 1.807) is 19.3 Å². The van der Waals surface area contributed by atoms with Gasteiger partial charge in [-0.1, -0.05) is 65.7 Å². The molecule has 0 saturated heterocycles. The molecule has 244 valence electrons. The number of hydrogen-bond acceptors (Lipinski definition) is 9. The van der Waals surface area contributed by atoms with Crippen LogP contribution in [0.1, 0.15) is 92.9 Å². The number of ketones is 1. The molecule has 0 spiro atoms. The smallest absolute Gasteiger partial charge is 0.179 e. The molecule has 1 heterocycles. The zero-order chi connectivity index (χ0) is 32.5. The van der Waals surface area contributed by atoms with Crippen molar-refractivity contribution < 1.29 is 12.6 Å². The van der Waals surface area contributed by atoms with Gasteiger partial charge >= 0.3 is 0 Å². The molecule has 1 aliphatic carbocycles. The van der Waals surface area contributed by atoms with Crippen molar-refractivity contribution in [3.8, 4) is 0 Å². The number of hydrazone groups is 1. The first-order valence-electron chi connectivity index (χ1n) is 15.6. The number of aliphatic imine (C=N–C) groups is 1. The van der Waals surface area contributed by atoms with Crippen LogP contribution in [0.5, 0.6) is 0 Å². The number of hydrogen-bond donors (Lipinski definition) is 1. The first-order chi connectivity index (χ1) is 21.2. The maximum atomic E-state index is 13.3. The van der Waals surface area contributed by atoms with E-state index in [-0.39, 0.29) is 35.9 Å². The molecule has 7 nitrogen and oxygen atoms in total. The predicted octanol–water partition coefficient (Wildman–Crippen LogP) is 9.76. The quantitative estimate of drug-likeness (QED) is 0.122. The SMILES string of the molecule is CC/C=C(/N(C)/N=C\C(=C\N=C(C)C1CCC(C)(C(=O)CC)CC1)C1=CN(c2ccccc2)NC1)N(SF)SF.CCCC. The molecule has 0 radical (unpaired) electrons. The Labute approximate surface area is 272 Å². The number of benzene rings is 1. The van der Waals surface area contributed by atoms with Gasteiger partial charge in [-0.25, -0.2) is 5.43 Å². The van der Waals surface area contributed by atoms with Crippen molar-refractivity contribution in [2.75, 3.05) is 18.6 Å². The molecule has 11 heteroatoms. The number of nitrogens with one attached hydrogen (secondary N) is 1. The summed E-state index contributed by atoms with van der Waals surface area (Å²) in [7, 11) is 1.65. The van der Waals surface area contributed by atoms with Gasteiger partial charge in [-0.05, 0) is 68.7 Å². The number of para-hydroxylation sites is 1. The number of allylic oxidation sites excluding steroid dienone is 1. The Kier molecular flexibility index (Phi) is 16.8. The summed E-state index contributed by atoms with van der Waals surface area (Å²) in [4.78, 5) is 17.3. The van der Waals surface area contributed by atoms with Crippen LogP contribution in [0.25, 0.3) is 0 Å².